The molecule has 0 N–H and O–H groups in total. The van der Waals surface area contributed by atoms with Crippen LogP contribution in [0.15, 0.2) is 85.2 Å². The number of para-hydroxylation sites is 2. The van der Waals surface area contributed by atoms with Crippen LogP contribution in [0.4, 0.5) is 0 Å². The van der Waals surface area contributed by atoms with Crippen molar-refractivity contribution in [1.82, 2.24) is 29.9 Å². The summed E-state index contributed by atoms with van der Waals surface area (Å²) in [5.41, 5.74) is 4.02. The molecule has 0 amide bonds. The van der Waals surface area contributed by atoms with Crippen molar-refractivity contribution in [2.45, 2.75) is 0 Å². The molecule has 0 bridgehead atoms. The first kappa shape index (κ1) is 25.3. The summed E-state index contributed by atoms with van der Waals surface area (Å²) in [6.45, 7) is 0. The molecule has 0 spiro atoms. The lowest BCUT2D eigenvalue weighted by Gasteiger charge is -1.97. The Labute approximate surface area is 272 Å². The maximum absolute atomic E-state index is 5.01. The minimum absolute atomic E-state index is 0.931. The highest BCUT2D eigenvalue weighted by molar-refractivity contribution is 7.30. The van der Waals surface area contributed by atoms with Crippen LogP contribution in [0.5, 0.6) is 0 Å². The Hall–Kier alpha value is -4.04. The lowest BCUT2D eigenvalue weighted by atomic mass is 10.1. The largest absolute Gasteiger partial charge is 0.241 e. The molecule has 0 saturated heterocycles. The molecule has 6 nitrogen and oxygen atoms in total. The van der Waals surface area contributed by atoms with E-state index in [-0.39, 0.29) is 0 Å². The second-order valence-electron chi connectivity index (χ2n) is 10.1. The van der Waals surface area contributed by atoms with Crippen LogP contribution >= 0.6 is 68.0 Å². The van der Waals surface area contributed by atoms with Crippen LogP contribution in [0.1, 0.15) is 0 Å². The SMILES string of the molecule is c1ccc2sc(-c3ncc(-c4nc5cc6cc7sc(-c8cnc(-c9nc%10ccccc%10s9)s8)nc7cc6cc5s4)s3)nc2c1. The Balaban J connectivity index is 0.980. The van der Waals surface area contributed by atoms with Crippen LogP contribution in [0.25, 0.3) is 91.4 Å². The van der Waals surface area contributed by atoms with Gasteiger partial charge in [-0.1, -0.05) is 24.3 Å². The molecule has 0 unspecified atom stereocenters. The average molecular weight is 675 g/mol. The first-order valence-corrected chi connectivity index (χ1v) is 18.4. The van der Waals surface area contributed by atoms with Gasteiger partial charge in [0.2, 0.25) is 0 Å². The minimum Gasteiger partial charge on any atom is -0.241 e. The van der Waals surface area contributed by atoms with E-state index in [1.54, 1.807) is 68.0 Å². The molecule has 0 aliphatic heterocycles. The Morgan fingerprint density at radius 3 is 1.27 bits per heavy atom. The smallest absolute Gasteiger partial charge is 0.153 e. The summed E-state index contributed by atoms with van der Waals surface area (Å²) >= 11 is 10.1. The van der Waals surface area contributed by atoms with E-state index in [1.165, 1.54) is 9.40 Å². The van der Waals surface area contributed by atoms with Crippen LogP contribution < -0.4 is 0 Å². The number of fused-ring (bicyclic) bond motifs is 5. The monoisotopic (exact) mass is 674 g/mol. The van der Waals surface area contributed by atoms with Gasteiger partial charge < -0.3 is 0 Å². The number of hydrogen-bond donors (Lipinski definition) is 0. The minimum atomic E-state index is 0.931. The predicted molar refractivity (Wildman–Crippen MR) is 190 cm³/mol. The maximum Gasteiger partial charge on any atom is 0.153 e. The topological polar surface area (TPSA) is 77.3 Å². The molecule has 0 saturated carbocycles. The molecule has 10 aromatic rings. The highest BCUT2D eigenvalue weighted by atomic mass is 32.1. The van der Waals surface area contributed by atoms with E-state index in [0.717, 1.165) is 82.0 Å². The van der Waals surface area contributed by atoms with E-state index in [1.807, 2.05) is 48.8 Å². The van der Waals surface area contributed by atoms with Crippen LogP contribution in [0.2, 0.25) is 0 Å². The molecule has 0 radical (unpaired) electrons. The fourth-order valence-electron chi connectivity index (χ4n) is 5.18. The molecular formula is C32H14N6S6. The molecule has 6 aromatic heterocycles. The molecular weight excluding hydrogens is 661 g/mol. The second kappa shape index (κ2) is 9.73. The zero-order chi connectivity index (χ0) is 28.8. The molecule has 0 fully saturated rings. The van der Waals surface area contributed by atoms with Crippen LogP contribution in [-0.2, 0) is 0 Å². The zero-order valence-corrected chi connectivity index (χ0v) is 27.1. The Kier molecular flexibility index (Phi) is 5.60. The molecule has 208 valence electrons. The summed E-state index contributed by atoms with van der Waals surface area (Å²) < 4.78 is 4.66. The van der Waals surface area contributed by atoms with E-state index < -0.39 is 0 Å². The number of aromatic nitrogens is 6. The Morgan fingerprint density at radius 1 is 0.364 bits per heavy atom. The molecule has 0 atom stereocenters. The predicted octanol–water partition coefficient (Wildman–Crippen LogP) is 10.9. The number of rotatable bonds is 4. The van der Waals surface area contributed by atoms with Gasteiger partial charge in [0, 0.05) is 12.4 Å². The van der Waals surface area contributed by atoms with Crippen LogP contribution in [0, 0.1) is 0 Å². The molecule has 44 heavy (non-hydrogen) atoms. The van der Waals surface area contributed by atoms with Gasteiger partial charge in [0.1, 0.15) is 10.0 Å². The molecule has 0 aliphatic rings. The van der Waals surface area contributed by atoms with E-state index in [0.29, 0.717) is 0 Å². The Morgan fingerprint density at radius 2 is 0.795 bits per heavy atom. The maximum atomic E-state index is 5.01. The lowest BCUT2D eigenvalue weighted by molar-refractivity contribution is 1.38. The lowest BCUT2D eigenvalue weighted by Crippen LogP contribution is -1.76. The van der Waals surface area contributed by atoms with Gasteiger partial charge in [0.15, 0.2) is 20.0 Å². The summed E-state index contributed by atoms with van der Waals surface area (Å²) in [4.78, 5) is 31.1. The molecule has 6 heterocycles. The van der Waals surface area contributed by atoms with Gasteiger partial charge in [-0.15, -0.1) is 68.0 Å². The molecule has 4 aromatic carbocycles. The van der Waals surface area contributed by atoms with Crippen molar-refractivity contribution in [3.63, 3.8) is 0 Å². The standard InChI is InChI=1S/C32H14N6S6/c1-3-7-21-17(5-1)35-31(39-21)29-33-13-25(43-29)27-37-19-9-15-12-24-20(10-16(15)11-23(19)41-27)38-28(42-24)26-14-34-30(44-26)32-36-18-6-2-4-8-22(18)40-32/h1-14H. The van der Waals surface area contributed by atoms with Crippen molar-refractivity contribution >= 4 is 120 Å². The second-order valence-corrected chi connectivity index (χ2v) is 16.2. The summed E-state index contributed by atoms with van der Waals surface area (Å²) in [6.07, 6.45) is 3.85. The van der Waals surface area contributed by atoms with Crippen molar-refractivity contribution in [3.05, 3.63) is 85.2 Å². The quantitative estimate of drug-likeness (QED) is 0.185. The molecule has 0 aliphatic carbocycles. The first-order chi connectivity index (χ1) is 21.7. The number of benzene rings is 4. The third-order valence-electron chi connectivity index (χ3n) is 7.24. The molecule has 10 rings (SSSR count). The van der Waals surface area contributed by atoms with Gasteiger partial charge in [-0.05, 0) is 59.3 Å². The van der Waals surface area contributed by atoms with Crippen molar-refractivity contribution in [2.24, 2.45) is 0 Å². The van der Waals surface area contributed by atoms with E-state index >= 15 is 0 Å². The van der Waals surface area contributed by atoms with Gasteiger partial charge in [-0.3, -0.25) is 0 Å². The fraction of sp³-hybridized carbons (Fsp3) is 0. The van der Waals surface area contributed by atoms with E-state index in [9.17, 15) is 0 Å². The van der Waals surface area contributed by atoms with Gasteiger partial charge in [0.25, 0.3) is 0 Å². The number of hydrogen-bond acceptors (Lipinski definition) is 12. The third kappa shape index (κ3) is 4.14. The highest BCUT2D eigenvalue weighted by Crippen LogP contribution is 2.42. The van der Waals surface area contributed by atoms with Crippen molar-refractivity contribution in [1.29, 1.82) is 0 Å². The third-order valence-corrected chi connectivity index (χ3v) is 14.0. The molecule has 12 heteroatoms. The van der Waals surface area contributed by atoms with Gasteiger partial charge >= 0.3 is 0 Å². The van der Waals surface area contributed by atoms with E-state index in [2.05, 4.69) is 36.4 Å². The van der Waals surface area contributed by atoms with Crippen molar-refractivity contribution in [3.8, 4) is 39.8 Å². The highest BCUT2D eigenvalue weighted by Gasteiger charge is 2.17. The first-order valence-electron chi connectivity index (χ1n) is 13.5. The Bertz CT molecular complexity index is 2390. The number of nitrogens with zero attached hydrogens (tertiary/aromatic N) is 6. The summed E-state index contributed by atoms with van der Waals surface area (Å²) in [6, 6.07) is 25.3. The summed E-state index contributed by atoms with van der Waals surface area (Å²) in [5.74, 6) is 0. The summed E-state index contributed by atoms with van der Waals surface area (Å²) in [7, 11) is 0. The van der Waals surface area contributed by atoms with E-state index in [4.69, 9.17) is 29.9 Å². The average Bonchev–Trinajstić information content (AvgIpc) is 3.88. The number of thiazole rings is 6. The van der Waals surface area contributed by atoms with Gasteiger partial charge in [0.05, 0.1) is 50.6 Å². The van der Waals surface area contributed by atoms with Gasteiger partial charge in [-0.2, -0.15) is 0 Å². The summed E-state index contributed by atoms with van der Waals surface area (Å²) in [5, 5.41) is 8.06. The van der Waals surface area contributed by atoms with Crippen LogP contribution in [0.3, 0.4) is 0 Å². The normalized spacial score (nSPS) is 12.1. The van der Waals surface area contributed by atoms with Gasteiger partial charge in [-0.25, -0.2) is 29.9 Å². The fourth-order valence-corrected chi connectivity index (χ4v) is 11.1. The van der Waals surface area contributed by atoms with Crippen LogP contribution in [-0.4, -0.2) is 29.9 Å². The van der Waals surface area contributed by atoms with Crippen molar-refractivity contribution < 1.29 is 0 Å². The zero-order valence-electron chi connectivity index (χ0n) is 22.2. The van der Waals surface area contributed by atoms with Crippen molar-refractivity contribution in [2.75, 3.05) is 0 Å².